The molecule has 0 aliphatic rings. The fraction of sp³-hybridized carbons (Fsp3) is 0.455. The molecule has 0 unspecified atom stereocenters. The standard InChI is InChI=1S/C11H15N3/c1-4-7-14-12-10-8(2)5-6-9(3)11(10)13-14/h5-6H,4,7H2,1-3H3. The van der Waals surface area contributed by atoms with Gasteiger partial charge in [-0.05, 0) is 31.4 Å². The quantitative estimate of drug-likeness (QED) is 0.726. The molecule has 0 saturated carbocycles. The average molecular weight is 189 g/mol. The Morgan fingerprint density at radius 1 is 1.07 bits per heavy atom. The Labute approximate surface area is 83.7 Å². The van der Waals surface area contributed by atoms with Crippen molar-refractivity contribution >= 4 is 11.0 Å². The molecule has 0 bridgehead atoms. The van der Waals surface area contributed by atoms with E-state index in [2.05, 4.69) is 43.1 Å². The molecular formula is C11H15N3. The number of rotatable bonds is 2. The van der Waals surface area contributed by atoms with Gasteiger partial charge in [-0.3, -0.25) is 0 Å². The predicted molar refractivity (Wildman–Crippen MR) is 57.3 cm³/mol. The molecule has 14 heavy (non-hydrogen) atoms. The van der Waals surface area contributed by atoms with Gasteiger partial charge in [0.15, 0.2) is 0 Å². The molecular weight excluding hydrogens is 174 g/mol. The Hall–Kier alpha value is -1.38. The molecule has 3 nitrogen and oxygen atoms in total. The third kappa shape index (κ3) is 1.39. The molecule has 0 aliphatic heterocycles. The van der Waals surface area contributed by atoms with Gasteiger partial charge in [-0.1, -0.05) is 19.1 Å². The highest BCUT2D eigenvalue weighted by Gasteiger charge is 2.06. The van der Waals surface area contributed by atoms with Gasteiger partial charge in [0.25, 0.3) is 0 Å². The maximum atomic E-state index is 4.47. The lowest BCUT2D eigenvalue weighted by Gasteiger charge is -1.94. The van der Waals surface area contributed by atoms with Gasteiger partial charge in [-0.2, -0.15) is 15.0 Å². The summed E-state index contributed by atoms with van der Waals surface area (Å²) in [7, 11) is 0. The molecule has 0 radical (unpaired) electrons. The van der Waals surface area contributed by atoms with Crippen molar-refractivity contribution in [1.29, 1.82) is 0 Å². The first kappa shape index (κ1) is 9.19. The average Bonchev–Trinajstić information content (AvgIpc) is 2.57. The van der Waals surface area contributed by atoms with Crippen LogP contribution in [-0.2, 0) is 6.54 Å². The van der Waals surface area contributed by atoms with Crippen molar-refractivity contribution in [3.8, 4) is 0 Å². The van der Waals surface area contributed by atoms with Crippen LogP contribution in [0.1, 0.15) is 24.5 Å². The number of aryl methyl sites for hydroxylation is 3. The summed E-state index contributed by atoms with van der Waals surface area (Å²) in [6.45, 7) is 7.18. The van der Waals surface area contributed by atoms with E-state index in [0.717, 1.165) is 24.0 Å². The Morgan fingerprint density at radius 3 is 2.00 bits per heavy atom. The third-order valence-electron chi connectivity index (χ3n) is 2.41. The second kappa shape index (κ2) is 3.40. The van der Waals surface area contributed by atoms with Gasteiger partial charge in [0.05, 0.1) is 6.54 Å². The summed E-state index contributed by atoms with van der Waals surface area (Å²) in [5.74, 6) is 0. The Morgan fingerprint density at radius 2 is 1.57 bits per heavy atom. The van der Waals surface area contributed by atoms with Crippen LogP contribution in [0.4, 0.5) is 0 Å². The number of fused-ring (bicyclic) bond motifs is 1. The molecule has 74 valence electrons. The second-order valence-electron chi connectivity index (χ2n) is 3.69. The highest BCUT2D eigenvalue weighted by molar-refractivity contribution is 5.80. The van der Waals surface area contributed by atoms with E-state index in [1.165, 1.54) is 11.1 Å². The molecule has 0 saturated heterocycles. The molecule has 1 heterocycles. The van der Waals surface area contributed by atoms with E-state index in [9.17, 15) is 0 Å². The first-order valence-electron chi connectivity index (χ1n) is 5.03. The first-order chi connectivity index (χ1) is 6.72. The highest BCUT2D eigenvalue weighted by atomic mass is 15.5. The molecule has 2 rings (SSSR count). The van der Waals surface area contributed by atoms with Gasteiger partial charge in [-0.25, -0.2) is 0 Å². The maximum absolute atomic E-state index is 4.47. The normalized spacial score (nSPS) is 11.1. The molecule has 1 aromatic heterocycles. The number of benzene rings is 1. The molecule has 0 amide bonds. The summed E-state index contributed by atoms with van der Waals surface area (Å²) in [4.78, 5) is 1.80. The van der Waals surface area contributed by atoms with E-state index in [-0.39, 0.29) is 0 Å². The lowest BCUT2D eigenvalue weighted by Crippen LogP contribution is -2.00. The Balaban J connectivity index is 2.63. The van der Waals surface area contributed by atoms with Crippen molar-refractivity contribution in [3.05, 3.63) is 23.3 Å². The van der Waals surface area contributed by atoms with Crippen LogP contribution in [0.15, 0.2) is 12.1 Å². The van der Waals surface area contributed by atoms with Crippen molar-refractivity contribution in [2.75, 3.05) is 0 Å². The molecule has 0 spiro atoms. The van der Waals surface area contributed by atoms with E-state index >= 15 is 0 Å². The van der Waals surface area contributed by atoms with Crippen molar-refractivity contribution in [2.24, 2.45) is 0 Å². The zero-order chi connectivity index (χ0) is 10.1. The van der Waals surface area contributed by atoms with Crippen LogP contribution in [0.2, 0.25) is 0 Å². The van der Waals surface area contributed by atoms with Crippen LogP contribution >= 0.6 is 0 Å². The number of nitrogens with zero attached hydrogens (tertiary/aromatic N) is 3. The highest BCUT2D eigenvalue weighted by Crippen LogP contribution is 2.17. The van der Waals surface area contributed by atoms with E-state index in [1.54, 1.807) is 4.80 Å². The minimum absolute atomic E-state index is 0.896. The lowest BCUT2D eigenvalue weighted by molar-refractivity contribution is 0.535. The van der Waals surface area contributed by atoms with Crippen molar-refractivity contribution in [3.63, 3.8) is 0 Å². The molecule has 3 heteroatoms. The van der Waals surface area contributed by atoms with E-state index in [1.807, 2.05) is 0 Å². The zero-order valence-corrected chi connectivity index (χ0v) is 8.91. The predicted octanol–water partition coefficient (Wildman–Crippen LogP) is 2.46. The van der Waals surface area contributed by atoms with Crippen LogP contribution in [-0.4, -0.2) is 15.0 Å². The molecule has 0 aliphatic carbocycles. The monoisotopic (exact) mass is 189 g/mol. The minimum Gasteiger partial charge on any atom is -0.184 e. The molecule has 1 aromatic carbocycles. The summed E-state index contributed by atoms with van der Waals surface area (Å²) in [6, 6.07) is 4.20. The topological polar surface area (TPSA) is 30.7 Å². The van der Waals surface area contributed by atoms with Gasteiger partial charge in [0.1, 0.15) is 11.0 Å². The number of hydrogen-bond acceptors (Lipinski definition) is 2. The van der Waals surface area contributed by atoms with Crippen LogP contribution in [0, 0.1) is 13.8 Å². The summed E-state index contributed by atoms with van der Waals surface area (Å²) >= 11 is 0. The second-order valence-corrected chi connectivity index (χ2v) is 3.69. The Bertz CT molecular complexity index is 418. The number of aromatic nitrogens is 3. The van der Waals surface area contributed by atoms with Gasteiger partial charge in [-0.15, -0.1) is 0 Å². The van der Waals surface area contributed by atoms with Gasteiger partial charge in [0.2, 0.25) is 0 Å². The van der Waals surface area contributed by atoms with Crippen LogP contribution < -0.4 is 0 Å². The molecule has 0 N–H and O–H groups in total. The SMILES string of the molecule is CCCn1nc2c(C)ccc(C)c2n1. The zero-order valence-electron chi connectivity index (χ0n) is 8.91. The molecule has 2 aromatic rings. The van der Waals surface area contributed by atoms with E-state index < -0.39 is 0 Å². The first-order valence-corrected chi connectivity index (χ1v) is 5.03. The number of hydrogen-bond donors (Lipinski definition) is 0. The molecule has 0 fully saturated rings. The fourth-order valence-corrected chi connectivity index (χ4v) is 1.59. The van der Waals surface area contributed by atoms with Crippen molar-refractivity contribution in [1.82, 2.24) is 15.0 Å². The Kier molecular flexibility index (Phi) is 2.23. The van der Waals surface area contributed by atoms with Crippen LogP contribution in [0.25, 0.3) is 11.0 Å². The van der Waals surface area contributed by atoms with Crippen molar-refractivity contribution in [2.45, 2.75) is 33.7 Å². The lowest BCUT2D eigenvalue weighted by atomic mass is 10.1. The third-order valence-corrected chi connectivity index (χ3v) is 2.41. The summed E-state index contributed by atoms with van der Waals surface area (Å²) in [5, 5.41) is 8.94. The summed E-state index contributed by atoms with van der Waals surface area (Å²) in [6.07, 6.45) is 1.07. The minimum atomic E-state index is 0.896. The van der Waals surface area contributed by atoms with E-state index in [4.69, 9.17) is 0 Å². The van der Waals surface area contributed by atoms with Gasteiger partial charge in [0, 0.05) is 0 Å². The van der Waals surface area contributed by atoms with E-state index in [0.29, 0.717) is 0 Å². The van der Waals surface area contributed by atoms with Crippen LogP contribution in [0.3, 0.4) is 0 Å². The van der Waals surface area contributed by atoms with Crippen molar-refractivity contribution < 1.29 is 0 Å². The van der Waals surface area contributed by atoms with Gasteiger partial charge >= 0.3 is 0 Å². The summed E-state index contributed by atoms with van der Waals surface area (Å²) in [5.41, 5.74) is 4.48. The van der Waals surface area contributed by atoms with Gasteiger partial charge < -0.3 is 0 Å². The summed E-state index contributed by atoms with van der Waals surface area (Å²) < 4.78 is 0. The fourth-order valence-electron chi connectivity index (χ4n) is 1.59. The van der Waals surface area contributed by atoms with Crippen LogP contribution in [0.5, 0.6) is 0 Å². The maximum Gasteiger partial charge on any atom is 0.116 e. The smallest absolute Gasteiger partial charge is 0.116 e. The largest absolute Gasteiger partial charge is 0.184 e. The molecule has 0 atom stereocenters.